The van der Waals surface area contributed by atoms with Crippen LogP contribution in [0.2, 0.25) is 5.02 Å². The van der Waals surface area contributed by atoms with Gasteiger partial charge in [0.15, 0.2) is 0 Å². The summed E-state index contributed by atoms with van der Waals surface area (Å²) in [6, 6.07) is 38.8. The molecule has 0 saturated heterocycles. The molecule has 0 bridgehead atoms. The maximum absolute atomic E-state index is 13.9. The smallest absolute Gasteiger partial charge is 0.861 e. The van der Waals surface area contributed by atoms with Gasteiger partial charge >= 0.3 is 16.5 Å². The van der Waals surface area contributed by atoms with Crippen LogP contribution in [-0.4, -0.2) is 47.1 Å². The number of thioether (sulfide) groups is 1. The summed E-state index contributed by atoms with van der Waals surface area (Å²) in [5.41, 5.74) is 6.64. The molecule has 6 aromatic carbocycles. The zero-order valence-electron chi connectivity index (χ0n) is 27.8. The molecule has 0 saturated carbocycles. The van der Waals surface area contributed by atoms with Crippen LogP contribution in [0.1, 0.15) is 28.7 Å². The predicted octanol–water partition coefficient (Wildman–Crippen LogP) is 7.43. The molecule has 1 heterocycles. The summed E-state index contributed by atoms with van der Waals surface area (Å²) in [4.78, 5) is 23.6. The van der Waals surface area contributed by atoms with Gasteiger partial charge < -0.3 is 15.0 Å². The van der Waals surface area contributed by atoms with E-state index in [-0.39, 0.29) is 28.9 Å². The number of benzene rings is 6. The second-order valence-corrected chi connectivity index (χ2v) is 13.8. The minimum atomic E-state index is -1.26. The largest absolute Gasteiger partial charge is 2.00 e. The van der Waals surface area contributed by atoms with Crippen molar-refractivity contribution >= 4 is 68.2 Å². The molecule has 0 N–H and O–H groups in total. The average molecular weight is 755 g/mol. The topological polar surface area (TPSA) is 91.2 Å². The number of rotatable bonds is 10. The number of hydrogen-bond donors (Lipinski definition) is 0. The number of carboxylic acid groups (broad SMARTS) is 1. The fraction of sp³-hybridized carbons (Fsp3) is 0.167. The Morgan fingerprint density at radius 3 is 1.98 bits per heavy atom. The van der Waals surface area contributed by atoms with Crippen LogP contribution in [0.4, 0.5) is 5.69 Å². The summed E-state index contributed by atoms with van der Waals surface area (Å²) in [6.07, 6.45) is 2.22. The van der Waals surface area contributed by atoms with Gasteiger partial charge in [-0.15, -0.1) is 0 Å². The number of hydrogen-bond acceptors (Lipinski definition) is 7. The van der Waals surface area contributed by atoms with Crippen LogP contribution in [0.25, 0.3) is 32.7 Å². The molecule has 0 fully saturated rings. The van der Waals surface area contributed by atoms with Gasteiger partial charge in [-0.25, -0.2) is 0 Å². The van der Waals surface area contributed by atoms with Gasteiger partial charge in [0.05, 0.1) is 23.4 Å². The summed E-state index contributed by atoms with van der Waals surface area (Å²) < 4.78 is 0. The van der Waals surface area contributed by atoms with Crippen molar-refractivity contribution in [2.24, 2.45) is 9.98 Å². The van der Waals surface area contributed by atoms with Crippen molar-refractivity contribution in [3.8, 4) is 11.1 Å². The number of carbonyl (C=O) groups excluding carboxylic acids is 1. The van der Waals surface area contributed by atoms with E-state index in [9.17, 15) is 15.0 Å². The van der Waals surface area contributed by atoms with Crippen LogP contribution in [0, 0.1) is 0 Å². The molecule has 6 aromatic rings. The van der Waals surface area contributed by atoms with Crippen LogP contribution in [-0.2, 0) is 34.4 Å². The maximum atomic E-state index is 13.9. The standard InChI is InChI=1S/C42H36ClN3O3S.Ni/c1-50-22-21-37(42(48)49)45-41(29-11-3-2-4-12-29)35-23-32(43)19-20-36(35)44-38(47)26-46-24-30-17-15-27-9-5-7-13-33(27)39(30)40-31(25-46)18-16-28-10-6-8-14-34(28)40;/h2-20,23,37H,21-22,24-26H2,1H3,(H,44,47)(H,48,49);/q;+2/p-2/t37-;/m1./s1. The summed E-state index contributed by atoms with van der Waals surface area (Å²) in [5, 5.41) is 31.2. The number of aliphatic imine (C=N–C) groups is 2. The van der Waals surface area contributed by atoms with Gasteiger partial charge in [-0.3, -0.25) is 14.9 Å². The number of fused-ring (bicyclic) bond motifs is 7. The van der Waals surface area contributed by atoms with Gasteiger partial charge in [0, 0.05) is 35.8 Å². The molecule has 6 nitrogen and oxygen atoms in total. The van der Waals surface area contributed by atoms with Crippen LogP contribution in [0.3, 0.4) is 0 Å². The van der Waals surface area contributed by atoms with E-state index >= 15 is 0 Å². The monoisotopic (exact) mass is 753 g/mol. The third-order valence-corrected chi connectivity index (χ3v) is 9.96. The van der Waals surface area contributed by atoms with Gasteiger partial charge in [0.1, 0.15) is 0 Å². The Balaban J connectivity index is 0.00000448. The van der Waals surface area contributed by atoms with Crippen molar-refractivity contribution in [2.75, 3.05) is 18.6 Å². The SMILES string of the molecule is CSCC[C@@H](N=C(c1ccccc1)c1cc(Cl)ccc1N=C([O-])CN1Cc2ccc3ccccc3c2-c2c(ccc3ccccc23)C1)C(=O)[O-].[Ni+2]. The molecule has 1 atom stereocenters. The van der Waals surface area contributed by atoms with Crippen LogP contribution in [0.5, 0.6) is 0 Å². The molecule has 9 heteroatoms. The van der Waals surface area contributed by atoms with E-state index in [1.807, 2.05) is 36.6 Å². The molecule has 1 aliphatic rings. The molecular weight excluding hydrogens is 721 g/mol. The first-order valence-corrected chi connectivity index (χ1v) is 18.3. The Hall–Kier alpha value is -4.46. The minimum Gasteiger partial charge on any atom is -0.861 e. The van der Waals surface area contributed by atoms with Crippen LogP contribution in [0.15, 0.2) is 131 Å². The second-order valence-electron chi connectivity index (χ2n) is 12.4. The van der Waals surface area contributed by atoms with E-state index in [1.54, 1.807) is 30.0 Å². The molecular formula is C42H34ClN3NiO3S. The molecule has 0 spiro atoms. The second kappa shape index (κ2) is 16.3. The number of halogens is 1. The fourth-order valence-corrected chi connectivity index (χ4v) is 7.44. The number of carboxylic acids is 1. The average Bonchev–Trinajstić information content (AvgIpc) is 3.29. The Morgan fingerprint density at radius 1 is 0.804 bits per heavy atom. The summed E-state index contributed by atoms with van der Waals surface area (Å²) in [5.74, 6) is -0.985. The summed E-state index contributed by atoms with van der Waals surface area (Å²) in [6.45, 7) is 1.21. The fourth-order valence-electron chi connectivity index (χ4n) is 6.81. The normalized spacial score (nSPS) is 14.0. The van der Waals surface area contributed by atoms with E-state index in [1.165, 1.54) is 32.7 Å². The predicted molar refractivity (Wildman–Crippen MR) is 203 cm³/mol. The van der Waals surface area contributed by atoms with Crippen molar-refractivity contribution in [1.82, 2.24) is 4.90 Å². The molecule has 7 rings (SSSR count). The van der Waals surface area contributed by atoms with Gasteiger partial charge in [0.25, 0.3) is 0 Å². The first-order chi connectivity index (χ1) is 24.4. The van der Waals surface area contributed by atoms with E-state index < -0.39 is 12.0 Å². The third kappa shape index (κ3) is 7.90. The molecule has 258 valence electrons. The van der Waals surface area contributed by atoms with Crippen LogP contribution < -0.4 is 10.2 Å². The molecule has 0 aromatic heterocycles. The van der Waals surface area contributed by atoms with E-state index in [4.69, 9.17) is 16.6 Å². The number of aliphatic carboxylic acids is 1. The Kier molecular flexibility index (Phi) is 11.6. The quantitative estimate of drug-likeness (QED) is 0.0825. The zero-order chi connectivity index (χ0) is 34.6. The molecule has 51 heavy (non-hydrogen) atoms. The molecule has 1 aliphatic heterocycles. The Bertz CT molecular complexity index is 2190. The van der Waals surface area contributed by atoms with Gasteiger partial charge in [-0.2, -0.15) is 11.8 Å². The van der Waals surface area contributed by atoms with E-state index in [2.05, 4.69) is 82.7 Å². The molecule has 0 unspecified atom stereocenters. The van der Waals surface area contributed by atoms with Gasteiger partial charge in [0.2, 0.25) is 0 Å². The minimum absolute atomic E-state index is 0. The Morgan fingerprint density at radius 2 is 1.39 bits per heavy atom. The van der Waals surface area contributed by atoms with Crippen molar-refractivity contribution < 1.29 is 31.5 Å². The Labute approximate surface area is 316 Å². The molecule has 0 aliphatic carbocycles. The van der Waals surface area contributed by atoms with Gasteiger partial charge in [-0.1, -0.05) is 115 Å². The zero-order valence-corrected chi connectivity index (χ0v) is 30.4. The number of nitrogens with zero attached hydrogens (tertiary/aromatic N) is 3. The third-order valence-electron chi connectivity index (χ3n) is 9.09. The first-order valence-electron chi connectivity index (χ1n) is 16.5. The van der Waals surface area contributed by atoms with Crippen LogP contribution >= 0.6 is 23.4 Å². The molecule has 0 radical (unpaired) electrons. The summed E-state index contributed by atoms with van der Waals surface area (Å²) >= 11 is 8.04. The molecule has 0 amide bonds. The van der Waals surface area contributed by atoms with Gasteiger partial charge in [-0.05, 0) is 86.3 Å². The van der Waals surface area contributed by atoms with Crippen molar-refractivity contribution in [3.63, 3.8) is 0 Å². The van der Waals surface area contributed by atoms with Crippen molar-refractivity contribution in [3.05, 3.63) is 149 Å². The van der Waals surface area contributed by atoms with Crippen molar-refractivity contribution in [1.29, 1.82) is 0 Å². The number of carbonyl (C=O) groups is 1. The van der Waals surface area contributed by atoms with E-state index in [0.29, 0.717) is 52.8 Å². The van der Waals surface area contributed by atoms with E-state index in [0.717, 1.165) is 11.1 Å². The van der Waals surface area contributed by atoms with Crippen molar-refractivity contribution in [2.45, 2.75) is 25.6 Å². The maximum Gasteiger partial charge on any atom is 2.00 e. The first kappa shape index (κ1) is 36.3. The summed E-state index contributed by atoms with van der Waals surface area (Å²) in [7, 11) is 0.